The van der Waals surface area contributed by atoms with Crippen molar-refractivity contribution in [3.8, 4) is 34.4 Å². The zero-order chi connectivity index (χ0) is 36.4. The van der Waals surface area contributed by atoms with Gasteiger partial charge in [0.2, 0.25) is 0 Å². The molecular formula is C39H44Cl2N4O6. The summed E-state index contributed by atoms with van der Waals surface area (Å²) in [6, 6.07) is 19.0. The number of hydrogen-bond acceptors (Lipinski definition) is 10. The number of nitriles is 1. The van der Waals surface area contributed by atoms with E-state index in [0.717, 1.165) is 48.2 Å². The van der Waals surface area contributed by atoms with Gasteiger partial charge in [-0.2, -0.15) is 5.26 Å². The molecule has 4 aromatic rings. The van der Waals surface area contributed by atoms with Crippen molar-refractivity contribution in [1.29, 1.82) is 5.26 Å². The lowest BCUT2D eigenvalue weighted by Crippen LogP contribution is -2.48. The summed E-state index contributed by atoms with van der Waals surface area (Å²) >= 11 is 13.6. The van der Waals surface area contributed by atoms with Gasteiger partial charge in [0.05, 0.1) is 47.1 Å². The van der Waals surface area contributed by atoms with Crippen LogP contribution in [0, 0.1) is 18.3 Å². The first-order valence-corrected chi connectivity index (χ1v) is 17.7. The van der Waals surface area contributed by atoms with E-state index in [9.17, 15) is 20.6 Å². The molecule has 0 spiro atoms. The van der Waals surface area contributed by atoms with Crippen LogP contribution < -0.4 is 19.5 Å². The number of nitrogens with zero attached hydrogens (tertiary/aromatic N) is 3. The van der Waals surface area contributed by atoms with Gasteiger partial charge in [-0.1, -0.05) is 53.5 Å². The number of halogens is 2. The van der Waals surface area contributed by atoms with Crippen LogP contribution in [0.15, 0.2) is 67.0 Å². The standard InChI is InChI=1S/C39H44Cl2N4O6/c1-26-29(6-3-7-32(26)33-8-4-9-35(38(33)41)49-13-5-11-45-12-10-31(48)21-45)23-51-37-16-36(50-22-28-14-27(17-42)18-43-19-28)30(15-34(37)40)20-44-39(2,24-46)25-47/h3-4,6-9,14-16,18-19,31,44,46-48H,5,10-13,20-25H2,1-2H3/t31-/m1/s1. The van der Waals surface area contributed by atoms with E-state index in [1.807, 2.05) is 43.3 Å². The number of aromatic nitrogens is 1. The Morgan fingerprint density at radius 2 is 1.73 bits per heavy atom. The minimum Gasteiger partial charge on any atom is -0.492 e. The van der Waals surface area contributed by atoms with Gasteiger partial charge in [0.25, 0.3) is 0 Å². The van der Waals surface area contributed by atoms with Gasteiger partial charge >= 0.3 is 0 Å². The maximum Gasteiger partial charge on any atom is 0.142 e. The lowest BCUT2D eigenvalue weighted by molar-refractivity contribution is 0.103. The van der Waals surface area contributed by atoms with Gasteiger partial charge in [0, 0.05) is 61.3 Å². The summed E-state index contributed by atoms with van der Waals surface area (Å²) in [5.74, 6) is 1.52. The van der Waals surface area contributed by atoms with Crippen LogP contribution in [0.5, 0.6) is 17.2 Å². The zero-order valence-corrected chi connectivity index (χ0v) is 30.4. The molecule has 0 unspecified atom stereocenters. The van der Waals surface area contributed by atoms with Gasteiger partial charge < -0.3 is 39.7 Å². The fourth-order valence-electron chi connectivity index (χ4n) is 5.82. The van der Waals surface area contributed by atoms with Crippen LogP contribution in [0.4, 0.5) is 0 Å². The number of β-amino-alcohol motifs (C(OH)–C–C–N with tert-alkyl or cyclic N) is 1. The molecule has 1 aromatic heterocycles. The summed E-state index contributed by atoms with van der Waals surface area (Å²) in [5.41, 5.74) is 4.65. The van der Waals surface area contributed by atoms with Gasteiger partial charge in [-0.3, -0.25) is 4.98 Å². The molecule has 0 aliphatic carbocycles. The van der Waals surface area contributed by atoms with Gasteiger partial charge in [-0.05, 0) is 61.6 Å². The molecule has 0 amide bonds. The van der Waals surface area contributed by atoms with Crippen molar-refractivity contribution >= 4 is 23.2 Å². The molecule has 2 heterocycles. The number of ether oxygens (including phenoxy) is 3. The number of aliphatic hydroxyl groups is 3. The van der Waals surface area contributed by atoms with Gasteiger partial charge in [0.1, 0.15) is 36.5 Å². The van der Waals surface area contributed by atoms with Crippen LogP contribution in [-0.2, 0) is 19.8 Å². The van der Waals surface area contributed by atoms with Crippen molar-refractivity contribution in [2.75, 3.05) is 39.5 Å². The quantitative estimate of drug-likeness (QED) is 0.0947. The van der Waals surface area contributed by atoms with E-state index >= 15 is 0 Å². The second-order valence-electron chi connectivity index (χ2n) is 13.0. The number of likely N-dealkylation sites (tertiary alicyclic amines) is 1. The largest absolute Gasteiger partial charge is 0.492 e. The Hall–Kier alpha value is -3.92. The summed E-state index contributed by atoms with van der Waals surface area (Å²) in [7, 11) is 0. The highest BCUT2D eigenvalue weighted by Gasteiger charge is 2.23. The fourth-order valence-corrected chi connectivity index (χ4v) is 6.34. The van der Waals surface area contributed by atoms with Gasteiger partial charge in [-0.25, -0.2) is 0 Å². The first kappa shape index (κ1) is 38.3. The van der Waals surface area contributed by atoms with E-state index in [2.05, 4.69) is 21.3 Å². The lowest BCUT2D eigenvalue weighted by Gasteiger charge is -2.27. The summed E-state index contributed by atoms with van der Waals surface area (Å²) in [6.45, 7) is 6.82. The molecule has 270 valence electrons. The van der Waals surface area contributed by atoms with Crippen LogP contribution >= 0.6 is 23.2 Å². The molecule has 1 fully saturated rings. The highest BCUT2D eigenvalue weighted by atomic mass is 35.5. The second kappa shape index (κ2) is 18.0. The molecule has 12 heteroatoms. The number of nitrogens with one attached hydrogen (secondary N) is 1. The summed E-state index contributed by atoms with van der Waals surface area (Å²) in [5, 5.41) is 42.7. The normalized spacial score (nSPS) is 14.7. The third-order valence-corrected chi connectivity index (χ3v) is 9.73. The average Bonchev–Trinajstić information content (AvgIpc) is 3.57. The molecule has 51 heavy (non-hydrogen) atoms. The van der Waals surface area contributed by atoms with E-state index < -0.39 is 5.54 Å². The van der Waals surface area contributed by atoms with Crippen molar-refractivity contribution in [1.82, 2.24) is 15.2 Å². The van der Waals surface area contributed by atoms with E-state index in [-0.39, 0.29) is 39.1 Å². The smallest absolute Gasteiger partial charge is 0.142 e. The minimum absolute atomic E-state index is 0.140. The highest BCUT2D eigenvalue weighted by molar-refractivity contribution is 6.35. The number of aliphatic hydroxyl groups excluding tert-OH is 3. The Kier molecular flexibility index (Phi) is 13.5. The molecule has 4 N–H and O–H groups in total. The molecular weight excluding hydrogens is 691 g/mol. The van der Waals surface area contributed by atoms with E-state index in [4.69, 9.17) is 37.4 Å². The van der Waals surface area contributed by atoms with Crippen LogP contribution in [0.2, 0.25) is 10.0 Å². The maximum atomic E-state index is 9.78. The topological polar surface area (TPSA) is 140 Å². The zero-order valence-electron chi connectivity index (χ0n) is 28.9. The van der Waals surface area contributed by atoms with E-state index in [1.54, 1.807) is 31.3 Å². The molecule has 1 saturated heterocycles. The molecule has 1 aliphatic rings. The third-order valence-electron chi connectivity index (χ3n) is 9.04. The number of pyridine rings is 1. The summed E-state index contributed by atoms with van der Waals surface area (Å²) in [6.07, 6.45) is 4.54. The molecule has 0 radical (unpaired) electrons. The SMILES string of the molecule is Cc1c(COc2cc(OCc3cncc(C#N)c3)c(CNC(C)(CO)CO)cc2Cl)cccc1-c1cccc(OCCCN2CC[C@@H](O)C2)c1Cl. The van der Waals surface area contributed by atoms with Crippen LogP contribution in [0.1, 0.15) is 47.6 Å². The van der Waals surface area contributed by atoms with Crippen molar-refractivity contribution in [2.45, 2.75) is 58.1 Å². The van der Waals surface area contributed by atoms with Crippen molar-refractivity contribution in [3.05, 3.63) is 105 Å². The first-order valence-electron chi connectivity index (χ1n) is 16.9. The first-order chi connectivity index (χ1) is 24.6. The fraction of sp³-hybridized carbons (Fsp3) is 0.385. The predicted octanol–water partition coefficient (Wildman–Crippen LogP) is 6.06. The number of benzene rings is 3. The maximum absolute atomic E-state index is 9.78. The number of hydrogen-bond donors (Lipinski definition) is 4. The average molecular weight is 736 g/mol. The number of rotatable bonds is 17. The monoisotopic (exact) mass is 734 g/mol. The Labute approximate surface area is 309 Å². The van der Waals surface area contributed by atoms with Gasteiger partial charge in [-0.15, -0.1) is 0 Å². The summed E-state index contributed by atoms with van der Waals surface area (Å²) in [4.78, 5) is 6.36. The molecule has 3 aromatic carbocycles. The molecule has 10 nitrogen and oxygen atoms in total. The van der Waals surface area contributed by atoms with Crippen LogP contribution in [-0.4, -0.2) is 76.3 Å². The van der Waals surface area contributed by atoms with Crippen molar-refractivity contribution in [3.63, 3.8) is 0 Å². The second-order valence-corrected chi connectivity index (χ2v) is 13.8. The van der Waals surface area contributed by atoms with Crippen LogP contribution in [0.25, 0.3) is 11.1 Å². The molecule has 0 bridgehead atoms. The third kappa shape index (κ3) is 10.1. The molecule has 0 saturated carbocycles. The predicted molar refractivity (Wildman–Crippen MR) is 197 cm³/mol. The van der Waals surface area contributed by atoms with Gasteiger partial charge in [0.15, 0.2) is 0 Å². The lowest BCUT2D eigenvalue weighted by atomic mass is 9.96. The minimum atomic E-state index is -0.917. The Balaban J connectivity index is 1.31. The molecule has 5 rings (SSSR count). The van der Waals surface area contributed by atoms with E-state index in [0.29, 0.717) is 57.1 Å². The van der Waals surface area contributed by atoms with Crippen molar-refractivity contribution in [2.24, 2.45) is 0 Å². The Bertz CT molecular complexity index is 1830. The summed E-state index contributed by atoms with van der Waals surface area (Å²) < 4.78 is 18.6. The Morgan fingerprint density at radius 1 is 0.961 bits per heavy atom. The van der Waals surface area contributed by atoms with Crippen molar-refractivity contribution < 1.29 is 29.5 Å². The molecule has 1 atom stereocenters. The molecule has 1 aliphatic heterocycles. The van der Waals surface area contributed by atoms with Crippen LogP contribution in [0.3, 0.4) is 0 Å². The highest BCUT2D eigenvalue weighted by Crippen LogP contribution is 2.39. The van der Waals surface area contributed by atoms with E-state index in [1.165, 1.54) is 6.20 Å². The Morgan fingerprint density at radius 3 is 2.47 bits per heavy atom.